The Morgan fingerprint density at radius 2 is 2.10 bits per heavy atom. The number of nitrogens with one attached hydrogen (secondary N) is 2. The lowest BCUT2D eigenvalue weighted by Crippen LogP contribution is -2.43. The second kappa shape index (κ2) is 8.59. The van der Waals surface area contributed by atoms with Crippen LogP contribution in [0.1, 0.15) is 47.0 Å². The molecule has 1 heterocycles. The number of hydrogen-bond acceptors (Lipinski definition) is 4. The molecule has 0 radical (unpaired) electrons. The molecule has 0 aromatic rings. The number of nitrogens with zero attached hydrogens (tertiary/aromatic N) is 1. The van der Waals surface area contributed by atoms with E-state index in [1.165, 1.54) is 25.9 Å². The van der Waals surface area contributed by atoms with Gasteiger partial charge in [-0.15, -0.1) is 0 Å². The second-order valence-electron chi connectivity index (χ2n) is 7.19. The molecule has 1 fully saturated rings. The Kier molecular flexibility index (Phi) is 7.46. The van der Waals surface area contributed by atoms with Crippen LogP contribution in [-0.4, -0.2) is 55.9 Å². The molecule has 124 valence electrons. The molecule has 21 heavy (non-hydrogen) atoms. The van der Waals surface area contributed by atoms with E-state index in [1.54, 1.807) is 0 Å². The minimum absolute atomic E-state index is 0.329. The number of likely N-dealkylation sites (tertiary alicyclic amines) is 1. The van der Waals surface area contributed by atoms with Gasteiger partial charge in [0.05, 0.1) is 0 Å². The number of piperidine rings is 1. The minimum atomic E-state index is -0.427. The van der Waals surface area contributed by atoms with E-state index >= 15 is 0 Å². The van der Waals surface area contributed by atoms with Gasteiger partial charge in [0.25, 0.3) is 0 Å². The van der Waals surface area contributed by atoms with Crippen LogP contribution in [0.3, 0.4) is 0 Å². The first-order valence-electron chi connectivity index (χ1n) is 8.17. The first kappa shape index (κ1) is 18.2. The molecule has 1 aliphatic rings. The molecule has 1 rings (SSSR count). The molecule has 5 nitrogen and oxygen atoms in total. The highest BCUT2D eigenvalue weighted by molar-refractivity contribution is 5.67. The largest absolute Gasteiger partial charge is 0.444 e. The Morgan fingerprint density at radius 1 is 1.38 bits per heavy atom. The minimum Gasteiger partial charge on any atom is -0.444 e. The summed E-state index contributed by atoms with van der Waals surface area (Å²) in [7, 11) is 2.20. The zero-order valence-corrected chi connectivity index (χ0v) is 14.4. The lowest BCUT2D eigenvalue weighted by atomic mass is 9.92. The average Bonchev–Trinajstić information content (AvgIpc) is 2.36. The van der Waals surface area contributed by atoms with E-state index in [1.807, 2.05) is 20.8 Å². The lowest BCUT2D eigenvalue weighted by molar-refractivity contribution is 0.0527. The summed E-state index contributed by atoms with van der Waals surface area (Å²) in [5.74, 6) is 0.738. The van der Waals surface area contributed by atoms with Crippen molar-refractivity contribution in [3.63, 3.8) is 0 Å². The van der Waals surface area contributed by atoms with Crippen molar-refractivity contribution in [2.75, 3.05) is 33.2 Å². The van der Waals surface area contributed by atoms with Gasteiger partial charge in [0.1, 0.15) is 5.60 Å². The number of ether oxygens (including phenoxy) is 1. The topological polar surface area (TPSA) is 53.6 Å². The molecule has 5 heteroatoms. The smallest absolute Gasteiger partial charge is 0.407 e. The van der Waals surface area contributed by atoms with Crippen LogP contribution in [0.5, 0.6) is 0 Å². The SMILES string of the molecule is CC(NCCCNC(=O)OC(C)(C)C)C1CCCN(C)C1. The maximum absolute atomic E-state index is 11.5. The molecule has 1 aliphatic heterocycles. The fraction of sp³-hybridized carbons (Fsp3) is 0.938. The zero-order valence-electron chi connectivity index (χ0n) is 14.4. The summed E-state index contributed by atoms with van der Waals surface area (Å²) < 4.78 is 5.20. The summed E-state index contributed by atoms with van der Waals surface area (Å²) in [4.78, 5) is 13.9. The molecular weight excluding hydrogens is 266 g/mol. The molecule has 0 spiro atoms. The molecule has 1 amide bonds. The van der Waals surface area contributed by atoms with Gasteiger partial charge >= 0.3 is 6.09 Å². The zero-order chi connectivity index (χ0) is 15.9. The summed E-state index contributed by atoms with van der Waals surface area (Å²) in [5, 5.41) is 6.37. The number of carbonyl (C=O) groups is 1. The van der Waals surface area contributed by atoms with Crippen molar-refractivity contribution >= 4 is 6.09 Å². The molecule has 0 aromatic carbocycles. The first-order chi connectivity index (χ1) is 9.78. The number of rotatable bonds is 6. The van der Waals surface area contributed by atoms with Gasteiger partial charge < -0.3 is 20.3 Å². The maximum Gasteiger partial charge on any atom is 0.407 e. The van der Waals surface area contributed by atoms with Crippen molar-refractivity contribution in [1.29, 1.82) is 0 Å². The van der Waals surface area contributed by atoms with Crippen LogP contribution >= 0.6 is 0 Å². The summed E-state index contributed by atoms with van der Waals surface area (Å²) in [5.41, 5.74) is -0.427. The number of hydrogen-bond donors (Lipinski definition) is 2. The molecular formula is C16H33N3O2. The molecule has 0 aliphatic carbocycles. The summed E-state index contributed by atoms with van der Waals surface area (Å²) in [6.07, 6.45) is 3.21. The van der Waals surface area contributed by atoms with Crippen molar-refractivity contribution in [3.05, 3.63) is 0 Å². The van der Waals surface area contributed by atoms with E-state index in [2.05, 4.69) is 29.5 Å². The van der Waals surface area contributed by atoms with Crippen LogP contribution in [0, 0.1) is 5.92 Å². The monoisotopic (exact) mass is 299 g/mol. The number of carbonyl (C=O) groups excluding carboxylic acids is 1. The van der Waals surface area contributed by atoms with Crippen LogP contribution in [-0.2, 0) is 4.74 Å². The van der Waals surface area contributed by atoms with Gasteiger partial charge in [-0.1, -0.05) is 0 Å². The number of alkyl carbamates (subject to hydrolysis) is 1. The Labute approximate surface area is 129 Å². The maximum atomic E-state index is 11.5. The average molecular weight is 299 g/mol. The van der Waals surface area contributed by atoms with Gasteiger partial charge in [-0.2, -0.15) is 0 Å². The fourth-order valence-corrected chi connectivity index (χ4v) is 2.70. The Morgan fingerprint density at radius 3 is 2.71 bits per heavy atom. The molecule has 0 saturated carbocycles. The van der Waals surface area contributed by atoms with Crippen LogP contribution in [0.15, 0.2) is 0 Å². The third-order valence-electron chi connectivity index (χ3n) is 3.86. The van der Waals surface area contributed by atoms with Gasteiger partial charge in [-0.25, -0.2) is 4.79 Å². The van der Waals surface area contributed by atoms with E-state index in [-0.39, 0.29) is 6.09 Å². The molecule has 1 saturated heterocycles. The van der Waals surface area contributed by atoms with E-state index in [4.69, 9.17) is 4.74 Å². The summed E-state index contributed by atoms with van der Waals surface area (Å²) in [6.45, 7) is 11.9. The molecule has 2 unspecified atom stereocenters. The molecule has 0 bridgehead atoms. The Bertz CT molecular complexity index is 315. The standard InChI is InChI=1S/C16H33N3O2/c1-13(14-8-6-11-19(5)12-14)17-9-7-10-18-15(20)21-16(2,3)4/h13-14,17H,6-12H2,1-5H3,(H,18,20). The third kappa shape index (κ3) is 8.27. The Balaban J connectivity index is 2.07. The van der Waals surface area contributed by atoms with Crippen molar-refractivity contribution < 1.29 is 9.53 Å². The fourth-order valence-electron chi connectivity index (χ4n) is 2.70. The third-order valence-corrected chi connectivity index (χ3v) is 3.86. The highest BCUT2D eigenvalue weighted by atomic mass is 16.6. The molecule has 0 aromatic heterocycles. The van der Waals surface area contributed by atoms with Crippen LogP contribution in [0.25, 0.3) is 0 Å². The Hall–Kier alpha value is -0.810. The van der Waals surface area contributed by atoms with E-state index in [9.17, 15) is 4.79 Å². The van der Waals surface area contributed by atoms with Crippen LogP contribution in [0.2, 0.25) is 0 Å². The highest BCUT2D eigenvalue weighted by Gasteiger charge is 2.22. The summed E-state index contributed by atoms with van der Waals surface area (Å²) in [6, 6.07) is 0.536. The van der Waals surface area contributed by atoms with Gasteiger partial charge in [-0.05, 0) is 73.0 Å². The predicted octanol–water partition coefficient (Wildman–Crippen LogP) is 2.22. The lowest BCUT2D eigenvalue weighted by Gasteiger charge is -2.34. The van der Waals surface area contributed by atoms with Crippen LogP contribution in [0.4, 0.5) is 4.79 Å². The second-order valence-corrected chi connectivity index (χ2v) is 7.19. The van der Waals surface area contributed by atoms with Gasteiger partial charge in [-0.3, -0.25) is 0 Å². The molecule has 2 N–H and O–H groups in total. The first-order valence-corrected chi connectivity index (χ1v) is 8.17. The van der Waals surface area contributed by atoms with Gasteiger partial charge in [0.2, 0.25) is 0 Å². The van der Waals surface area contributed by atoms with Crippen molar-refractivity contribution in [2.45, 2.75) is 58.6 Å². The predicted molar refractivity (Wildman–Crippen MR) is 86.5 cm³/mol. The van der Waals surface area contributed by atoms with E-state index in [0.717, 1.165) is 18.9 Å². The highest BCUT2D eigenvalue weighted by Crippen LogP contribution is 2.18. The van der Waals surface area contributed by atoms with Gasteiger partial charge in [0, 0.05) is 19.1 Å². The summed E-state index contributed by atoms with van der Waals surface area (Å²) >= 11 is 0. The van der Waals surface area contributed by atoms with Crippen molar-refractivity contribution in [3.8, 4) is 0 Å². The van der Waals surface area contributed by atoms with Crippen molar-refractivity contribution in [2.24, 2.45) is 5.92 Å². The quantitative estimate of drug-likeness (QED) is 0.739. The van der Waals surface area contributed by atoms with Crippen LogP contribution < -0.4 is 10.6 Å². The van der Waals surface area contributed by atoms with E-state index in [0.29, 0.717) is 12.6 Å². The van der Waals surface area contributed by atoms with Gasteiger partial charge in [0.15, 0.2) is 0 Å². The number of amides is 1. The normalized spacial score (nSPS) is 21.9. The van der Waals surface area contributed by atoms with E-state index < -0.39 is 5.60 Å². The van der Waals surface area contributed by atoms with Crippen molar-refractivity contribution in [1.82, 2.24) is 15.5 Å². The molecule has 2 atom stereocenters.